The summed E-state index contributed by atoms with van der Waals surface area (Å²) in [5.74, 6) is 0.674. The number of ether oxygens (including phenoxy) is 1. The number of hydrogen-bond donors (Lipinski definition) is 1. The van der Waals surface area contributed by atoms with Crippen molar-refractivity contribution in [2.45, 2.75) is 19.6 Å². The molecule has 0 fully saturated rings. The summed E-state index contributed by atoms with van der Waals surface area (Å²) in [5.41, 5.74) is 1.53. The van der Waals surface area contributed by atoms with Crippen LogP contribution >= 0.6 is 0 Å². The number of hydrogen-bond acceptors (Lipinski definition) is 4. The van der Waals surface area contributed by atoms with Crippen LogP contribution in [0.4, 0.5) is 0 Å². The Balaban J connectivity index is 2.08. The van der Waals surface area contributed by atoms with Crippen molar-refractivity contribution in [2.75, 3.05) is 0 Å². The Kier molecular flexibility index (Phi) is 3.39. The molecule has 0 aliphatic rings. The molecule has 0 aliphatic heterocycles. The van der Waals surface area contributed by atoms with Gasteiger partial charge in [0.2, 0.25) is 0 Å². The molecular formula is C12H15N3O2. The minimum absolute atomic E-state index is 0.345. The first-order chi connectivity index (χ1) is 8.16. The largest absolute Gasteiger partial charge is 0.487 e. The van der Waals surface area contributed by atoms with Gasteiger partial charge in [-0.3, -0.25) is 4.68 Å². The highest BCUT2D eigenvalue weighted by Crippen LogP contribution is 2.24. The van der Waals surface area contributed by atoms with E-state index in [9.17, 15) is 5.11 Å². The number of aromatic nitrogens is 3. The fourth-order valence-electron chi connectivity index (χ4n) is 1.57. The van der Waals surface area contributed by atoms with Crippen molar-refractivity contribution in [1.82, 2.24) is 15.0 Å². The summed E-state index contributed by atoms with van der Waals surface area (Å²) in [4.78, 5) is 0. The number of aryl methyl sites for hydroxylation is 1. The molecule has 2 rings (SSSR count). The normalized spacial score (nSPS) is 12.4. The molecule has 1 aromatic carbocycles. The molecule has 5 nitrogen and oxygen atoms in total. The van der Waals surface area contributed by atoms with Gasteiger partial charge in [-0.05, 0) is 13.0 Å². The quantitative estimate of drug-likeness (QED) is 0.868. The van der Waals surface area contributed by atoms with Crippen molar-refractivity contribution in [2.24, 2.45) is 7.05 Å². The molecule has 17 heavy (non-hydrogen) atoms. The summed E-state index contributed by atoms with van der Waals surface area (Å²) in [5, 5.41) is 17.3. The standard InChI is InChI=1S/C12H15N3O2/c1-9(16)11-5-3-4-6-12(11)17-8-10-7-15(2)14-13-10/h3-7,9,16H,8H2,1-2H3. The SMILES string of the molecule is CC(O)c1ccccc1OCc1cn(C)nn1. The van der Waals surface area contributed by atoms with Crippen LogP contribution in [0.25, 0.3) is 0 Å². The average molecular weight is 233 g/mol. The van der Waals surface area contributed by atoms with E-state index in [1.54, 1.807) is 24.9 Å². The van der Waals surface area contributed by atoms with Crippen LogP contribution in [0, 0.1) is 0 Å². The molecule has 1 atom stereocenters. The number of rotatable bonds is 4. The maximum atomic E-state index is 9.59. The first-order valence-electron chi connectivity index (χ1n) is 5.42. The molecule has 1 N–H and O–H groups in total. The third-order valence-corrected chi connectivity index (χ3v) is 2.39. The molecule has 0 radical (unpaired) electrons. The Bertz CT molecular complexity index is 494. The summed E-state index contributed by atoms with van der Waals surface area (Å²) in [6, 6.07) is 7.42. The Morgan fingerprint density at radius 1 is 1.41 bits per heavy atom. The van der Waals surface area contributed by atoms with Gasteiger partial charge in [-0.2, -0.15) is 0 Å². The predicted octanol–water partition coefficient (Wildman–Crippen LogP) is 1.45. The second-order valence-corrected chi connectivity index (χ2v) is 3.89. The highest BCUT2D eigenvalue weighted by molar-refractivity contribution is 5.34. The van der Waals surface area contributed by atoms with Gasteiger partial charge in [0.25, 0.3) is 0 Å². The van der Waals surface area contributed by atoms with Crippen molar-refractivity contribution in [1.29, 1.82) is 0 Å². The summed E-state index contributed by atoms with van der Waals surface area (Å²) in [6.45, 7) is 2.06. The maximum absolute atomic E-state index is 9.59. The topological polar surface area (TPSA) is 60.2 Å². The van der Waals surface area contributed by atoms with Crippen LogP contribution in [0.2, 0.25) is 0 Å². The van der Waals surface area contributed by atoms with Crippen molar-refractivity contribution in [3.05, 3.63) is 41.7 Å². The number of nitrogens with zero attached hydrogens (tertiary/aromatic N) is 3. The van der Waals surface area contributed by atoms with E-state index in [0.29, 0.717) is 12.4 Å². The minimum Gasteiger partial charge on any atom is -0.487 e. The number of para-hydroxylation sites is 1. The van der Waals surface area contributed by atoms with Crippen molar-refractivity contribution >= 4 is 0 Å². The maximum Gasteiger partial charge on any atom is 0.134 e. The molecule has 1 heterocycles. The summed E-state index contributed by atoms with van der Waals surface area (Å²) in [6.07, 6.45) is 1.25. The predicted molar refractivity (Wildman–Crippen MR) is 62.4 cm³/mol. The number of aliphatic hydroxyl groups excluding tert-OH is 1. The Hall–Kier alpha value is -1.88. The molecule has 1 unspecified atom stereocenters. The molecule has 5 heteroatoms. The van der Waals surface area contributed by atoms with Crippen LogP contribution in [-0.4, -0.2) is 20.1 Å². The van der Waals surface area contributed by atoms with E-state index in [1.807, 2.05) is 24.3 Å². The van der Waals surface area contributed by atoms with Gasteiger partial charge in [0.1, 0.15) is 18.1 Å². The van der Waals surface area contributed by atoms with E-state index in [2.05, 4.69) is 10.3 Å². The lowest BCUT2D eigenvalue weighted by atomic mass is 10.1. The van der Waals surface area contributed by atoms with Crippen molar-refractivity contribution < 1.29 is 9.84 Å². The van der Waals surface area contributed by atoms with Crippen LogP contribution in [0.5, 0.6) is 5.75 Å². The molecular weight excluding hydrogens is 218 g/mol. The first kappa shape index (κ1) is 11.6. The monoisotopic (exact) mass is 233 g/mol. The lowest BCUT2D eigenvalue weighted by molar-refractivity contribution is 0.190. The highest BCUT2D eigenvalue weighted by Gasteiger charge is 2.08. The van der Waals surface area contributed by atoms with E-state index in [-0.39, 0.29) is 0 Å². The van der Waals surface area contributed by atoms with E-state index in [4.69, 9.17) is 4.74 Å². The summed E-state index contributed by atoms with van der Waals surface area (Å²) < 4.78 is 7.25. The van der Waals surface area contributed by atoms with E-state index >= 15 is 0 Å². The van der Waals surface area contributed by atoms with Crippen LogP contribution in [0.15, 0.2) is 30.5 Å². The summed E-state index contributed by atoms with van der Waals surface area (Å²) in [7, 11) is 1.81. The second kappa shape index (κ2) is 4.97. The van der Waals surface area contributed by atoms with E-state index in [0.717, 1.165) is 11.3 Å². The first-order valence-corrected chi connectivity index (χ1v) is 5.42. The molecule has 90 valence electrons. The van der Waals surface area contributed by atoms with Gasteiger partial charge in [0.05, 0.1) is 12.3 Å². The molecule has 0 aliphatic carbocycles. The Morgan fingerprint density at radius 2 is 2.18 bits per heavy atom. The molecule has 0 saturated carbocycles. The second-order valence-electron chi connectivity index (χ2n) is 3.89. The number of benzene rings is 1. The number of aliphatic hydroxyl groups is 1. The molecule has 0 bridgehead atoms. The lowest BCUT2D eigenvalue weighted by Gasteiger charge is -2.12. The van der Waals surface area contributed by atoms with Gasteiger partial charge in [0.15, 0.2) is 0 Å². The van der Waals surface area contributed by atoms with Crippen molar-refractivity contribution in [3.8, 4) is 5.75 Å². The highest BCUT2D eigenvalue weighted by atomic mass is 16.5. The molecule has 0 saturated heterocycles. The zero-order chi connectivity index (χ0) is 12.3. The molecule has 2 aromatic rings. The third kappa shape index (κ3) is 2.82. The van der Waals surface area contributed by atoms with Gasteiger partial charge >= 0.3 is 0 Å². The van der Waals surface area contributed by atoms with E-state index < -0.39 is 6.10 Å². The zero-order valence-electron chi connectivity index (χ0n) is 9.87. The molecule has 0 amide bonds. The van der Waals surface area contributed by atoms with Crippen LogP contribution in [-0.2, 0) is 13.7 Å². The van der Waals surface area contributed by atoms with Crippen LogP contribution < -0.4 is 4.74 Å². The van der Waals surface area contributed by atoms with Gasteiger partial charge in [-0.15, -0.1) is 5.10 Å². The molecule has 0 spiro atoms. The Morgan fingerprint density at radius 3 is 2.82 bits per heavy atom. The summed E-state index contributed by atoms with van der Waals surface area (Å²) >= 11 is 0. The van der Waals surface area contributed by atoms with Gasteiger partial charge in [0, 0.05) is 12.6 Å². The van der Waals surface area contributed by atoms with Crippen molar-refractivity contribution in [3.63, 3.8) is 0 Å². The third-order valence-electron chi connectivity index (χ3n) is 2.39. The van der Waals surface area contributed by atoms with Crippen LogP contribution in [0.1, 0.15) is 24.3 Å². The fraction of sp³-hybridized carbons (Fsp3) is 0.333. The van der Waals surface area contributed by atoms with Gasteiger partial charge < -0.3 is 9.84 Å². The minimum atomic E-state index is -0.548. The van der Waals surface area contributed by atoms with Crippen LogP contribution in [0.3, 0.4) is 0 Å². The van der Waals surface area contributed by atoms with Gasteiger partial charge in [-0.25, -0.2) is 0 Å². The lowest BCUT2D eigenvalue weighted by Crippen LogP contribution is -2.01. The smallest absolute Gasteiger partial charge is 0.134 e. The Labute approximate surface area is 99.7 Å². The zero-order valence-corrected chi connectivity index (χ0v) is 9.87. The average Bonchev–Trinajstić information content (AvgIpc) is 2.73. The van der Waals surface area contributed by atoms with Gasteiger partial charge in [-0.1, -0.05) is 23.4 Å². The molecule has 1 aromatic heterocycles. The fourth-order valence-corrected chi connectivity index (χ4v) is 1.57. The van der Waals surface area contributed by atoms with E-state index in [1.165, 1.54) is 0 Å².